The van der Waals surface area contributed by atoms with Crippen LogP contribution in [0.3, 0.4) is 0 Å². The van der Waals surface area contributed by atoms with Gasteiger partial charge in [0.1, 0.15) is 0 Å². The van der Waals surface area contributed by atoms with Crippen LogP contribution in [0.25, 0.3) is 0 Å². The van der Waals surface area contributed by atoms with Crippen molar-refractivity contribution in [3.63, 3.8) is 0 Å². The van der Waals surface area contributed by atoms with E-state index in [-0.39, 0.29) is 0 Å². The van der Waals surface area contributed by atoms with Gasteiger partial charge < -0.3 is 0 Å². The number of carboxylic acid groups (broad SMARTS) is 5. The second kappa shape index (κ2) is 14.6. The van der Waals surface area contributed by atoms with E-state index in [0.29, 0.717) is 0 Å². The molecular formula is C20H35O15Sb. The van der Waals surface area contributed by atoms with Crippen molar-refractivity contribution >= 4 is 49.3 Å². The summed E-state index contributed by atoms with van der Waals surface area (Å²) in [4.78, 5) is 57.1. The normalized spacial score (nSPS) is 17.1. The Labute approximate surface area is 211 Å². The van der Waals surface area contributed by atoms with E-state index in [1.807, 2.05) is 0 Å². The number of carboxylic acids is 5. The molecule has 5 N–H and O–H groups in total. The van der Waals surface area contributed by atoms with Crippen LogP contribution in [-0.2, 0) is 39.0 Å². The molecule has 0 aliphatic rings. The first kappa shape index (κ1) is 34.0. The molecule has 36 heavy (non-hydrogen) atoms. The predicted molar refractivity (Wildman–Crippen MR) is 120 cm³/mol. The summed E-state index contributed by atoms with van der Waals surface area (Å²) in [5.74, 6) is -12.7. The fourth-order valence-corrected chi connectivity index (χ4v) is 10.7. The molecule has 0 amide bonds. The molecule has 0 bridgehead atoms. The summed E-state index contributed by atoms with van der Waals surface area (Å²) in [5.41, 5.74) is 0. The Morgan fingerprint density at radius 1 is 0.444 bits per heavy atom. The van der Waals surface area contributed by atoms with Crippen molar-refractivity contribution in [3.8, 4) is 0 Å². The van der Waals surface area contributed by atoms with Crippen LogP contribution in [0.15, 0.2) is 0 Å². The monoisotopic (exact) mass is 636 g/mol. The van der Waals surface area contributed by atoms with E-state index >= 15 is 0 Å². The third kappa shape index (κ3) is 10.9. The molecule has 0 aromatic rings. The van der Waals surface area contributed by atoms with Crippen LogP contribution < -0.4 is 0 Å². The van der Waals surface area contributed by atoms with Gasteiger partial charge in [-0.15, -0.1) is 0 Å². The van der Waals surface area contributed by atoms with Crippen molar-refractivity contribution in [1.29, 1.82) is 0 Å². The van der Waals surface area contributed by atoms with Gasteiger partial charge in [0.2, 0.25) is 0 Å². The fourth-order valence-electron chi connectivity index (χ4n) is 1.90. The maximum absolute atomic E-state index is 11.4. The Balaban J connectivity index is 6.74. The quantitative estimate of drug-likeness (QED) is 0.115. The van der Waals surface area contributed by atoms with Crippen LogP contribution in [0.5, 0.6) is 0 Å². The first-order valence-electron chi connectivity index (χ1n) is 10.9. The van der Waals surface area contributed by atoms with Crippen LogP contribution in [-0.4, -0.2) is 108 Å². The summed E-state index contributed by atoms with van der Waals surface area (Å²) < 4.78 is 28.6. The van der Waals surface area contributed by atoms with E-state index in [2.05, 4.69) is 0 Å². The number of carbonyl (C=O) groups is 5. The third-order valence-corrected chi connectivity index (χ3v) is 12.9. The Kier molecular flexibility index (Phi) is 13.8. The molecule has 210 valence electrons. The standard InChI is InChI=1S/5C4H7O3.Sb/c5*1-3(2-5)4(6)7;/h5*3H,2H2,1H3,(H,6,7);/q5*-1;+5. The Hall–Kier alpha value is -2.03. The van der Waals surface area contributed by atoms with Gasteiger partial charge in [-0.3, -0.25) is 0 Å². The van der Waals surface area contributed by atoms with Crippen LogP contribution in [0.4, 0.5) is 0 Å². The van der Waals surface area contributed by atoms with E-state index in [9.17, 15) is 49.5 Å². The number of rotatable bonds is 20. The first-order chi connectivity index (χ1) is 16.4. The molecule has 0 rings (SSSR count). The molecule has 5 unspecified atom stereocenters. The first-order valence-corrected chi connectivity index (χ1v) is 16.1. The van der Waals surface area contributed by atoms with Gasteiger partial charge in [-0.25, -0.2) is 0 Å². The molecule has 16 heteroatoms. The van der Waals surface area contributed by atoms with E-state index < -0.39 is 112 Å². The molecule has 15 nitrogen and oxygen atoms in total. The molecule has 0 fully saturated rings. The fraction of sp³-hybridized carbons (Fsp3) is 0.750. The van der Waals surface area contributed by atoms with Gasteiger partial charge in [0.15, 0.2) is 0 Å². The zero-order valence-electron chi connectivity index (χ0n) is 20.7. The minimum absolute atomic E-state index is 0.692. The molecule has 0 saturated carbocycles. The van der Waals surface area contributed by atoms with E-state index in [0.717, 1.165) is 0 Å². The van der Waals surface area contributed by atoms with Gasteiger partial charge in [0.25, 0.3) is 0 Å². The average molecular weight is 637 g/mol. The minimum atomic E-state index is -6.80. The number of aliphatic carboxylic acids is 5. The van der Waals surface area contributed by atoms with Gasteiger partial charge >= 0.3 is 211 Å². The van der Waals surface area contributed by atoms with Crippen LogP contribution in [0, 0.1) is 29.6 Å². The second-order valence-electron chi connectivity index (χ2n) is 8.42. The van der Waals surface area contributed by atoms with Crippen LogP contribution >= 0.6 is 0 Å². The van der Waals surface area contributed by atoms with Gasteiger partial charge in [0, 0.05) is 0 Å². The summed E-state index contributed by atoms with van der Waals surface area (Å²) in [6.45, 7) is 2.75. The van der Waals surface area contributed by atoms with Crippen molar-refractivity contribution in [2.45, 2.75) is 34.6 Å². The second-order valence-corrected chi connectivity index (χ2v) is 16.4. The SMILES string of the molecule is CC(C[O][Sb]([O]CC(C)C(=O)O)([O]CC(C)C(=O)O)([O]CC(C)C(=O)O)[O]CC(C)C(=O)O)C(=O)O. The van der Waals surface area contributed by atoms with Crippen molar-refractivity contribution in [2.75, 3.05) is 33.0 Å². The van der Waals surface area contributed by atoms with Crippen molar-refractivity contribution < 1.29 is 64.6 Å². The van der Waals surface area contributed by atoms with Gasteiger partial charge in [0.05, 0.1) is 0 Å². The van der Waals surface area contributed by atoms with Gasteiger partial charge in [-0.2, -0.15) is 0 Å². The van der Waals surface area contributed by atoms with Crippen molar-refractivity contribution in [2.24, 2.45) is 29.6 Å². The van der Waals surface area contributed by atoms with Gasteiger partial charge in [-0.05, 0) is 0 Å². The molecule has 0 aromatic heterocycles. The van der Waals surface area contributed by atoms with Crippen molar-refractivity contribution in [1.82, 2.24) is 0 Å². The Morgan fingerprint density at radius 3 is 0.694 bits per heavy atom. The average Bonchev–Trinajstić information content (AvgIpc) is 2.80. The molecule has 0 spiro atoms. The van der Waals surface area contributed by atoms with E-state index in [1.54, 1.807) is 0 Å². The molecule has 5 atom stereocenters. The number of hydrogen-bond acceptors (Lipinski definition) is 10. The third-order valence-electron chi connectivity index (χ3n) is 4.78. The summed E-state index contributed by atoms with van der Waals surface area (Å²) in [6.07, 6.45) is 0. The van der Waals surface area contributed by atoms with Crippen LogP contribution in [0.2, 0.25) is 0 Å². The molecule has 0 radical (unpaired) electrons. The molecule has 0 heterocycles. The zero-order valence-corrected chi connectivity index (χ0v) is 23.2. The molecule has 0 aliphatic heterocycles. The molecule has 0 aromatic carbocycles. The summed E-state index contributed by atoms with van der Waals surface area (Å²) in [5, 5.41) is 46.5. The van der Waals surface area contributed by atoms with Crippen molar-refractivity contribution in [3.05, 3.63) is 0 Å². The molecule has 0 saturated heterocycles. The maximum atomic E-state index is 11.4. The zero-order chi connectivity index (χ0) is 28.3. The van der Waals surface area contributed by atoms with E-state index in [1.165, 1.54) is 34.6 Å². The Morgan fingerprint density at radius 2 is 0.583 bits per heavy atom. The Bertz CT molecular complexity index is 643. The van der Waals surface area contributed by atoms with Gasteiger partial charge in [-0.1, -0.05) is 0 Å². The predicted octanol–water partition coefficient (Wildman–Crippen LogP) is 0.559. The summed E-state index contributed by atoms with van der Waals surface area (Å²) in [7, 11) is 0. The molecular weight excluding hydrogens is 602 g/mol. The van der Waals surface area contributed by atoms with E-state index in [4.69, 9.17) is 15.1 Å². The topological polar surface area (TPSA) is 233 Å². The van der Waals surface area contributed by atoms with Crippen LogP contribution in [0.1, 0.15) is 34.6 Å². The summed E-state index contributed by atoms with van der Waals surface area (Å²) >= 11 is -6.80. The number of hydrogen-bond donors (Lipinski definition) is 5. The summed E-state index contributed by atoms with van der Waals surface area (Å²) in [6, 6.07) is 0. The molecule has 0 aliphatic carbocycles.